The monoisotopic (exact) mass is 209 g/mol. The van der Waals surface area contributed by atoms with Gasteiger partial charge in [-0.25, -0.2) is 0 Å². The third kappa shape index (κ3) is 5.55. The lowest BCUT2D eigenvalue weighted by molar-refractivity contribution is -0.0911. The van der Waals surface area contributed by atoms with Crippen LogP contribution in [-0.4, -0.2) is 26.1 Å². The van der Waals surface area contributed by atoms with E-state index >= 15 is 0 Å². The Morgan fingerprint density at radius 1 is 1.08 bits per heavy atom. The van der Waals surface area contributed by atoms with Crippen LogP contribution in [0.5, 0.6) is 0 Å². The van der Waals surface area contributed by atoms with Crippen LogP contribution in [-0.2, 0) is 4.52 Å². The molecule has 0 aliphatic carbocycles. The minimum Gasteiger partial charge on any atom is -0.336 e. The summed E-state index contributed by atoms with van der Waals surface area (Å²) in [4.78, 5) is 10.4. The topological polar surface area (TPSA) is 52.9 Å². The molecule has 0 aromatic rings. The SMILES string of the molecule is CC(C)(C)OP(O)N(O)C(C)(C)C. The molecular formula is C8H20NO3P. The number of hydrogen-bond donors (Lipinski definition) is 2. The van der Waals surface area contributed by atoms with Crippen molar-refractivity contribution in [2.45, 2.75) is 52.7 Å². The van der Waals surface area contributed by atoms with Crippen molar-refractivity contribution >= 4 is 8.53 Å². The zero-order chi connectivity index (χ0) is 10.9. The molecule has 80 valence electrons. The van der Waals surface area contributed by atoms with Crippen LogP contribution >= 0.6 is 8.53 Å². The Hall–Kier alpha value is 0.270. The van der Waals surface area contributed by atoms with E-state index in [-0.39, 0.29) is 0 Å². The summed E-state index contributed by atoms with van der Waals surface area (Å²) < 4.78 is 5.22. The molecule has 13 heavy (non-hydrogen) atoms. The summed E-state index contributed by atoms with van der Waals surface area (Å²) in [6, 6.07) is 0. The van der Waals surface area contributed by atoms with Gasteiger partial charge in [0.25, 0.3) is 8.53 Å². The van der Waals surface area contributed by atoms with E-state index in [4.69, 9.17) is 4.52 Å². The summed E-state index contributed by atoms with van der Waals surface area (Å²) in [5, 5.41) is 9.50. The average Bonchev–Trinajstić information content (AvgIpc) is 1.79. The lowest BCUT2D eigenvalue weighted by atomic mass is 10.1. The molecule has 0 fully saturated rings. The molecule has 0 saturated carbocycles. The Labute approximate surface area is 81.4 Å². The zero-order valence-electron chi connectivity index (χ0n) is 9.20. The highest BCUT2D eigenvalue weighted by molar-refractivity contribution is 7.43. The second-order valence-corrected chi connectivity index (χ2v) is 5.98. The summed E-state index contributed by atoms with van der Waals surface area (Å²) in [7, 11) is -1.93. The minimum absolute atomic E-state index is 0.452. The number of hydrogen-bond acceptors (Lipinski definition) is 4. The van der Waals surface area contributed by atoms with Crippen molar-refractivity contribution in [3.8, 4) is 0 Å². The Kier molecular flexibility index (Phi) is 4.28. The molecule has 0 bridgehead atoms. The van der Waals surface area contributed by atoms with Crippen molar-refractivity contribution in [3.05, 3.63) is 0 Å². The summed E-state index contributed by atoms with van der Waals surface area (Å²) in [5.74, 6) is 0. The minimum atomic E-state index is -1.93. The highest BCUT2D eigenvalue weighted by Crippen LogP contribution is 2.43. The van der Waals surface area contributed by atoms with Crippen molar-refractivity contribution in [2.75, 3.05) is 0 Å². The molecule has 0 aromatic heterocycles. The first-order valence-electron chi connectivity index (χ1n) is 4.21. The van der Waals surface area contributed by atoms with E-state index in [0.29, 0.717) is 0 Å². The average molecular weight is 209 g/mol. The van der Waals surface area contributed by atoms with E-state index in [1.165, 1.54) is 0 Å². The Balaban J connectivity index is 4.20. The molecule has 1 atom stereocenters. The van der Waals surface area contributed by atoms with E-state index in [1.807, 2.05) is 20.8 Å². The molecular weight excluding hydrogens is 189 g/mol. The molecule has 0 spiro atoms. The first kappa shape index (κ1) is 13.3. The highest BCUT2D eigenvalue weighted by atomic mass is 31.2. The van der Waals surface area contributed by atoms with Gasteiger partial charge in [0, 0.05) is 5.54 Å². The first-order chi connectivity index (χ1) is 5.54. The van der Waals surface area contributed by atoms with Crippen molar-refractivity contribution in [1.29, 1.82) is 0 Å². The van der Waals surface area contributed by atoms with Crippen LogP contribution in [0.4, 0.5) is 0 Å². The van der Waals surface area contributed by atoms with Gasteiger partial charge in [0.15, 0.2) is 0 Å². The summed E-state index contributed by atoms with van der Waals surface area (Å²) in [6.45, 7) is 10.9. The van der Waals surface area contributed by atoms with Gasteiger partial charge in [-0.3, -0.25) is 0 Å². The molecule has 0 aliphatic heterocycles. The molecule has 0 aromatic carbocycles. The maximum atomic E-state index is 9.51. The van der Waals surface area contributed by atoms with Crippen LogP contribution in [0.25, 0.3) is 0 Å². The normalized spacial score (nSPS) is 16.4. The van der Waals surface area contributed by atoms with Crippen molar-refractivity contribution in [2.24, 2.45) is 0 Å². The largest absolute Gasteiger partial charge is 0.336 e. The Morgan fingerprint density at radius 2 is 1.46 bits per heavy atom. The smallest absolute Gasteiger partial charge is 0.281 e. The van der Waals surface area contributed by atoms with Crippen LogP contribution in [0.3, 0.4) is 0 Å². The molecule has 0 rings (SSSR count). The van der Waals surface area contributed by atoms with Gasteiger partial charge in [0.05, 0.1) is 5.60 Å². The van der Waals surface area contributed by atoms with Gasteiger partial charge < -0.3 is 14.6 Å². The predicted octanol–water partition coefficient (Wildman–Crippen LogP) is 2.51. The summed E-state index contributed by atoms with van der Waals surface area (Å²) in [5.41, 5.74) is -0.960. The molecule has 0 aliphatic rings. The van der Waals surface area contributed by atoms with E-state index in [1.54, 1.807) is 20.8 Å². The van der Waals surface area contributed by atoms with Crippen LogP contribution in [0.1, 0.15) is 41.5 Å². The maximum absolute atomic E-state index is 9.51. The molecule has 1 unspecified atom stereocenters. The quantitative estimate of drug-likeness (QED) is 0.542. The van der Waals surface area contributed by atoms with Crippen LogP contribution in [0.2, 0.25) is 0 Å². The molecule has 5 heteroatoms. The van der Waals surface area contributed by atoms with Gasteiger partial charge in [0.2, 0.25) is 0 Å². The van der Waals surface area contributed by atoms with Gasteiger partial charge in [-0.05, 0) is 41.5 Å². The lowest BCUT2D eigenvalue weighted by Crippen LogP contribution is -2.36. The van der Waals surface area contributed by atoms with E-state index in [0.717, 1.165) is 4.83 Å². The number of hydroxylamine groups is 1. The standard InChI is InChI=1S/C8H20NO3P/c1-7(2,3)9(10)13(11)12-8(4,5)6/h10-11H,1-6H3. The maximum Gasteiger partial charge on any atom is 0.281 e. The van der Waals surface area contributed by atoms with Gasteiger partial charge in [-0.15, -0.1) is 4.83 Å². The summed E-state index contributed by atoms with van der Waals surface area (Å²) >= 11 is 0. The molecule has 0 amide bonds. The third-order valence-electron chi connectivity index (χ3n) is 1.12. The lowest BCUT2D eigenvalue weighted by Gasteiger charge is -2.34. The fraction of sp³-hybridized carbons (Fsp3) is 1.00. The number of rotatable bonds is 2. The predicted molar refractivity (Wildman–Crippen MR) is 53.4 cm³/mol. The van der Waals surface area contributed by atoms with Crippen molar-refractivity contribution in [3.63, 3.8) is 0 Å². The zero-order valence-corrected chi connectivity index (χ0v) is 10.1. The second kappa shape index (κ2) is 4.20. The molecule has 2 N–H and O–H groups in total. The van der Waals surface area contributed by atoms with E-state index in [9.17, 15) is 10.1 Å². The molecule has 0 heterocycles. The second-order valence-electron chi connectivity index (χ2n) is 4.92. The van der Waals surface area contributed by atoms with Crippen molar-refractivity contribution in [1.82, 2.24) is 4.83 Å². The molecule has 0 radical (unpaired) electrons. The highest BCUT2D eigenvalue weighted by Gasteiger charge is 2.31. The Morgan fingerprint density at radius 3 is 1.69 bits per heavy atom. The van der Waals surface area contributed by atoms with Gasteiger partial charge in [0.1, 0.15) is 0 Å². The number of nitrogens with zero attached hydrogens (tertiary/aromatic N) is 1. The van der Waals surface area contributed by atoms with E-state index < -0.39 is 19.7 Å². The van der Waals surface area contributed by atoms with Crippen LogP contribution in [0, 0.1) is 0 Å². The van der Waals surface area contributed by atoms with E-state index in [2.05, 4.69) is 0 Å². The summed E-state index contributed by atoms with van der Waals surface area (Å²) in [6.07, 6.45) is 0. The van der Waals surface area contributed by atoms with Gasteiger partial charge in [-0.1, -0.05) is 0 Å². The molecule has 0 saturated heterocycles. The Bertz CT molecular complexity index is 162. The third-order valence-corrected chi connectivity index (χ3v) is 2.75. The van der Waals surface area contributed by atoms with Gasteiger partial charge >= 0.3 is 0 Å². The van der Waals surface area contributed by atoms with Crippen LogP contribution in [0.15, 0.2) is 0 Å². The molecule has 4 nitrogen and oxygen atoms in total. The fourth-order valence-corrected chi connectivity index (χ4v) is 1.62. The van der Waals surface area contributed by atoms with Gasteiger partial charge in [-0.2, -0.15) is 0 Å². The first-order valence-corrected chi connectivity index (χ1v) is 5.38. The van der Waals surface area contributed by atoms with Crippen molar-refractivity contribution < 1.29 is 14.6 Å². The van der Waals surface area contributed by atoms with Crippen LogP contribution < -0.4 is 0 Å². The fourth-order valence-electron chi connectivity index (χ4n) is 0.540.